The van der Waals surface area contributed by atoms with E-state index in [9.17, 15) is 18.8 Å². The van der Waals surface area contributed by atoms with Gasteiger partial charge in [-0.05, 0) is 66.2 Å². The van der Waals surface area contributed by atoms with Crippen molar-refractivity contribution in [1.29, 1.82) is 0 Å². The lowest BCUT2D eigenvalue weighted by Crippen LogP contribution is -2.32. The highest BCUT2D eigenvalue weighted by Gasteiger charge is 2.39. The van der Waals surface area contributed by atoms with Gasteiger partial charge in [-0.3, -0.25) is 14.4 Å². The average molecular weight is 576 g/mol. The van der Waals surface area contributed by atoms with Crippen molar-refractivity contribution in [2.24, 2.45) is 0 Å². The molecule has 0 aromatic heterocycles. The maximum absolute atomic E-state index is 13.6. The van der Waals surface area contributed by atoms with E-state index in [-0.39, 0.29) is 21.4 Å². The molecule has 0 spiro atoms. The van der Waals surface area contributed by atoms with Crippen LogP contribution in [0.15, 0.2) is 108 Å². The Kier molecular flexibility index (Phi) is 7.82. The molecule has 0 saturated heterocycles. The third-order valence-electron chi connectivity index (χ3n) is 5.94. The Labute approximate surface area is 238 Å². The molecule has 0 aliphatic carbocycles. The van der Waals surface area contributed by atoms with Gasteiger partial charge in [0.05, 0.1) is 10.7 Å². The number of ether oxygens (including phenoxy) is 1. The number of imide groups is 1. The number of nitrogens with zero attached hydrogens (tertiary/aromatic N) is 1. The van der Waals surface area contributed by atoms with Crippen LogP contribution < -0.4 is 20.3 Å². The zero-order valence-electron chi connectivity index (χ0n) is 20.7. The fourth-order valence-electron chi connectivity index (χ4n) is 3.93. The molecule has 0 atom stereocenters. The van der Waals surface area contributed by atoms with Crippen molar-refractivity contribution in [1.82, 2.24) is 0 Å². The van der Waals surface area contributed by atoms with Gasteiger partial charge in [0.15, 0.2) is 0 Å². The molecule has 0 bridgehead atoms. The molecule has 40 heavy (non-hydrogen) atoms. The fourth-order valence-corrected chi connectivity index (χ4v) is 4.32. The van der Waals surface area contributed by atoms with Crippen molar-refractivity contribution in [3.8, 4) is 5.75 Å². The molecule has 4 aromatic rings. The fraction of sp³-hybridized carbons (Fsp3) is 0.0333. The molecule has 1 aliphatic rings. The first-order valence-electron chi connectivity index (χ1n) is 12.0. The summed E-state index contributed by atoms with van der Waals surface area (Å²) in [6, 6.07) is 26.5. The number of benzene rings is 4. The van der Waals surface area contributed by atoms with Crippen LogP contribution in [-0.4, -0.2) is 17.7 Å². The van der Waals surface area contributed by atoms with E-state index in [1.807, 2.05) is 30.3 Å². The van der Waals surface area contributed by atoms with Gasteiger partial charge in [-0.1, -0.05) is 59.6 Å². The highest BCUT2D eigenvalue weighted by molar-refractivity contribution is 6.53. The number of anilines is 3. The summed E-state index contributed by atoms with van der Waals surface area (Å²) in [5.74, 6) is -1.96. The predicted octanol–water partition coefficient (Wildman–Crippen LogP) is 6.75. The van der Waals surface area contributed by atoms with Gasteiger partial charge in [-0.25, -0.2) is 9.29 Å². The first kappa shape index (κ1) is 26.9. The molecule has 1 heterocycles. The summed E-state index contributed by atoms with van der Waals surface area (Å²) in [5, 5.41) is 5.03. The second-order valence-electron chi connectivity index (χ2n) is 8.69. The highest BCUT2D eigenvalue weighted by atomic mass is 35.5. The van der Waals surface area contributed by atoms with E-state index in [4.69, 9.17) is 27.9 Å². The Bertz CT molecular complexity index is 1640. The quantitative estimate of drug-likeness (QED) is 0.227. The van der Waals surface area contributed by atoms with E-state index in [1.54, 1.807) is 42.5 Å². The van der Waals surface area contributed by atoms with Crippen LogP contribution in [0.25, 0.3) is 0 Å². The molecular formula is C30H20Cl2FN3O4. The zero-order chi connectivity index (χ0) is 28.2. The molecule has 1 aliphatic heterocycles. The van der Waals surface area contributed by atoms with E-state index in [2.05, 4.69) is 10.6 Å². The van der Waals surface area contributed by atoms with Crippen molar-refractivity contribution in [2.45, 2.75) is 6.61 Å². The van der Waals surface area contributed by atoms with Crippen LogP contribution >= 0.6 is 23.2 Å². The summed E-state index contributed by atoms with van der Waals surface area (Å²) in [7, 11) is 0. The first-order valence-corrected chi connectivity index (χ1v) is 12.7. The van der Waals surface area contributed by atoms with E-state index in [0.717, 1.165) is 22.6 Å². The average Bonchev–Trinajstić information content (AvgIpc) is 3.17. The SMILES string of the molecule is O=C(Nc1ccc(OCc2ccccc2)cc1)c1cccc(NC2=C(Cl)C(=O)N(c3ccc(F)c(Cl)c3)C2=O)c1. The van der Waals surface area contributed by atoms with Gasteiger partial charge < -0.3 is 15.4 Å². The summed E-state index contributed by atoms with van der Waals surface area (Å²) < 4.78 is 19.3. The molecule has 0 unspecified atom stereocenters. The summed E-state index contributed by atoms with van der Waals surface area (Å²) in [6.07, 6.45) is 0. The molecular weight excluding hydrogens is 556 g/mol. The third-order valence-corrected chi connectivity index (χ3v) is 6.58. The van der Waals surface area contributed by atoms with E-state index < -0.39 is 23.5 Å². The monoisotopic (exact) mass is 575 g/mol. The van der Waals surface area contributed by atoms with Crippen LogP contribution in [-0.2, 0) is 16.2 Å². The molecule has 0 fully saturated rings. The van der Waals surface area contributed by atoms with Crippen molar-refractivity contribution in [3.63, 3.8) is 0 Å². The van der Waals surface area contributed by atoms with Gasteiger partial charge >= 0.3 is 0 Å². The molecule has 200 valence electrons. The number of amides is 3. The normalized spacial score (nSPS) is 13.0. The summed E-state index contributed by atoms with van der Waals surface area (Å²) in [4.78, 5) is 39.4. The van der Waals surface area contributed by atoms with Crippen LogP contribution in [0.5, 0.6) is 5.75 Å². The molecule has 0 saturated carbocycles. The zero-order valence-corrected chi connectivity index (χ0v) is 22.2. The lowest BCUT2D eigenvalue weighted by molar-refractivity contribution is -0.120. The lowest BCUT2D eigenvalue weighted by Gasteiger charge is -2.15. The van der Waals surface area contributed by atoms with Gasteiger partial charge in [0.2, 0.25) is 0 Å². The van der Waals surface area contributed by atoms with Crippen molar-refractivity contribution >= 4 is 58.0 Å². The van der Waals surface area contributed by atoms with E-state index in [1.165, 1.54) is 12.1 Å². The number of hydrogen-bond donors (Lipinski definition) is 2. The Morgan fingerprint density at radius 1 is 0.825 bits per heavy atom. The molecule has 4 aromatic carbocycles. The second kappa shape index (κ2) is 11.6. The summed E-state index contributed by atoms with van der Waals surface area (Å²) >= 11 is 12.0. The number of nitrogens with one attached hydrogen (secondary N) is 2. The van der Waals surface area contributed by atoms with Crippen molar-refractivity contribution in [3.05, 3.63) is 130 Å². The molecule has 10 heteroatoms. The van der Waals surface area contributed by atoms with E-state index >= 15 is 0 Å². The van der Waals surface area contributed by atoms with Crippen molar-refractivity contribution < 1.29 is 23.5 Å². The van der Waals surface area contributed by atoms with Crippen LogP contribution in [0.1, 0.15) is 15.9 Å². The molecule has 0 radical (unpaired) electrons. The minimum absolute atomic E-state index is 0.0703. The minimum atomic E-state index is -0.790. The number of hydrogen-bond acceptors (Lipinski definition) is 5. The standard InChI is InChI=1S/C30H20Cl2FN3O4/c31-24-16-22(11-14-25(24)33)36-29(38)26(32)27(30(36)39)34-21-8-4-7-19(15-21)28(37)35-20-9-12-23(13-10-20)40-17-18-5-2-1-3-6-18/h1-16,34H,17H2,(H,35,37). The smallest absolute Gasteiger partial charge is 0.283 e. The van der Waals surface area contributed by atoms with Crippen LogP contribution in [0.3, 0.4) is 0 Å². The first-order chi connectivity index (χ1) is 19.3. The number of carbonyl (C=O) groups excluding carboxylic acids is 3. The maximum atomic E-state index is 13.6. The van der Waals surface area contributed by atoms with Crippen LogP contribution in [0, 0.1) is 5.82 Å². The Balaban J connectivity index is 1.24. The van der Waals surface area contributed by atoms with E-state index in [0.29, 0.717) is 29.3 Å². The van der Waals surface area contributed by atoms with Gasteiger partial charge in [0, 0.05) is 16.9 Å². The Hall–Kier alpha value is -4.66. The van der Waals surface area contributed by atoms with Gasteiger partial charge in [0.1, 0.15) is 28.9 Å². The number of rotatable bonds is 8. The van der Waals surface area contributed by atoms with Gasteiger partial charge in [-0.2, -0.15) is 0 Å². The second-order valence-corrected chi connectivity index (χ2v) is 9.48. The molecule has 5 rings (SSSR count). The summed E-state index contributed by atoms with van der Waals surface area (Å²) in [6.45, 7) is 0.427. The van der Waals surface area contributed by atoms with Gasteiger partial charge in [-0.15, -0.1) is 0 Å². The maximum Gasteiger partial charge on any atom is 0.283 e. The molecule has 7 nitrogen and oxygen atoms in total. The Morgan fingerprint density at radius 2 is 1.57 bits per heavy atom. The minimum Gasteiger partial charge on any atom is -0.489 e. The number of halogens is 3. The largest absolute Gasteiger partial charge is 0.489 e. The highest BCUT2D eigenvalue weighted by Crippen LogP contribution is 2.32. The molecule has 2 N–H and O–H groups in total. The third kappa shape index (κ3) is 5.83. The molecule has 3 amide bonds. The topological polar surface area (TPSA) is 87.7 Å². The lowest BCUT2D eigenvalue weighted by atomic mass is 10.1. The van der Waals surface area contributed by atoms with Gasteiger partial charge in [0.25, 0.3) is 17.7 Å². The van der Waals surface area contributed by atoms with Crippen molar-refractivity contribution in [2.75, 3.05) is 15.5 Å². The van der Waals surface area contributed by atoms with Crippen LogP contribution in [0.4, 0.5) is 21.5 Å². The predicted molar refractivity (Wildman–Crippen MR) is 152 cm³/mol. The Morgan fingerprint density at radius 3 is 2.30 bits per heavy atom. The van der Waals surface area contributed by atoms with Crippen LogP contribution in [0.2, 0.25) is 5.02 Å². The summed E-state index contributed by atoms with van der Waals surface area (Å²) in [5.41, 5.74) is 2.14. The number of carbonyl (C=O) groups is 3.